The van der Waals surface area contributed by atoms with E-state index >= 15 is 0 Å². The summed E-state index contributed by atoms with van der Waals surface area (Å²) in [4.78, 5) is 22.3. The van der Waals surface area contributed by atoms with E-state index in [4.69, 9.17) is 9.47 Å². The Hall–Kier alpha value is -1.35. The van der Waals surface area contributed by atoms with Crippen molar-refractivity contribution in [2.75, 3.05) is 14.2 Å². The fourth-order valence-electron chi connectivity index (χ4n) is 1.89. The molecular formula is C13H16Br2N2O5. The first kappa shape index (κ1) is 18.7. The normalized spacial score (nSPS) is 14.6. The van der Waals surface area contributed by atoms with E-state index in [1.807, 2.05) is 0 Å². The van der Waals surface area contributed by atoms with Gasteiger partial charge in [0.1, 0.15) is 6.04 Å². The molecule has 22 heavy (non-hydrogen) atoms. The van der Waals surface area contributed by atoms with Crippen LogP contribution in [0.3, 0.4) is 0 Å². The average molecular weight is 440 g/mol. The van der Waals surface area contributed by atoms with Gasteiger partial charge in [0.25, 0.3) is 4.45 Å². The summed E-state index contributed by atoms with van der Waals surface area (Å²) in [5.74, 6) is 0.485. The number of hydrogen-bond donors (Lipinski definition) is 1. The molecule has 1 rings (SSSR count). The first-order valence-electron chi connectivity index (χ1n) is 6.17. The van der Waals surface area contributed by atoms with Crippen LogP contribution in [0, 0.1) is 10.1 Å². The van der Waals surface area contributed by atoms with Gasteiger partial charge in [0.05, 0.1) is 14.2 Å². The van der Waals surface area contributed by atoms with Crippen LogP contribution in [-0.2, 0) is 4.79 Å². The lowest BCUT2D eigenvalue weighted by molar-refractivity contribution is -0.536. The number of rotatable bonds is 6. The second-order valence-corrected chi connectivity index (χ2v) is 7.10. The molecule has 2 atom stereocenters. The molecule has 0 spiro atoms. The van der Waals surface area contributed by atoms with Gasteiger partial charge in [-0.3, -0.25) is 14.9 Å². The molecule has 0 saturated heterocycles. The van der Waals surface area contributed by atoms with Crippen molar-refractivity contribution in [2.45, 2.75) is 24.3 Å². The molecule has 122 valence electrons. The summed E-state index contributed by atoms with van der Waals surface area (Å²) in [7, 11) is 2.95. The number of nitrogens with one attached hydrogen (secondary N) is 1. The van der Waals surface area contributed by atoms with Crippen LogP contribution in [0.15, 0.2) is 16.6 Å². The van der Waals surface area contributed by atoms with E-state index in [0.717, 1.165) is 0 Å². The Balaban J connectivity index is 3.49. The quantitative estimate of drug-likeness (QED) is 0.318. The standard InChI is InChI=1S/C13H16Br2N2O5/c1-7(18)16-12(13(2,15)17(19)20)8-5-10(21-3)11(22-4)6-9(8)14/h5-6,12H,1-4H3,(H,16,18). The van der Waals surface area contributed by atoms with E-state index in [1.54, 1.807) is 12.1 Å². The van der Waals surface area contributed by atoms with Gasteiger partial charge in [-0.1, -0.05) is 15.9 Å². The Kier molecular flexibility index (Phi) is 6.18. The predicted octanol–water partition coefficient (Wildman–Crippen LogP) is 3.03. The molecule has 7 nitrogen and oxygen atoms in total. The summed E-state index contributed by atoms with van der Waals surface area (Å²) in [5, 5.41) is 13.9. The second kappa shape index (κ2) is 7.28. The van der Waals surface area contributed by atoms with Crippen molar-refractivity contribution in [1.29, 1.82) is 0 Å². The summed E-state index contributed by atoms with van der Waals surface area (Å²) in [6, 6.07) is 2.30. The van der Waals surface area contributed by atoms with Crippen molar-refractivity contribution in [3.63, 3.8) is 0 Å². The third-order valence-corrected chi connectivity index (χ3v) is 4.48. The smallest absolute Gasteiger partial charge is 0.295 e. The molecule has 0 aromatic heterocycles. The molecule has 0 heterocycles. The zero-order valence-electron chi connectivity index (χ0n) is 12.5. The Bertz CT molecular complexity index is 592. The van der Waals surface area contributed by atoms with E-state index in [1.165, 1.54) is 28.1 Å². The third-order valence-electron chi connectivity index (χ3n) is 3.05. The minimum Gasteiger partial charge on any atom is -0.493 e. The number of nitrogens with zero attached hydrogens (tertiary/aromatic N) is 1. The summed E-state index contributed by atoms with van der Waals surface area (Å²) in [5.41, 5.74) is 0.490. The Labute approximate surface area is 144 Å². The Morgan fingerprint density at radius 1 is 1.36 bits per heavy atom. The predicted molar refractivity (Wildman–Crippen MR) is 88.1 cm³/mol. The van der Waals surface area contributed by atoms with Crippen LogP contribution in [0.1, 0.15) is 25.5 Å². The molecule has 0 aliphatic rings. The largest absolute Gasteiger partial charge is 0.493 e. The number of carbonyl (C=O) groups excluding carboxylic acids is 1. The van der Waals surface area contributed by atoms with E-state index < -0.39 is 15.4 Å². The molecule has 1 aromatic rings. The number of carbonyl (C=O) groups is 1. The number of alkyl halides is 1. The van der Waals surface area contributed by atoms with Gasteiger partial charge in [0.15, 0.2) is 11.5 Å². The van der Waals surface area contributed by atoms with Crippen molar-refractivity contribution in [3.05, 3.63) is 32.3 Å². The van der Waals surface area contributed by atoms with Crippen LogP contribution in [0.25, 0.3) is 0 Å². The second-order valence-electron chi connectivity index (χ2n) is 4.64. The highest BCUT2D eigenvalue weighted by molar-refractivity contribution is 9.10. The van der Waals surface area contributed by atoms with E-state index in [-0.39, 0.29) is 5.91 Å². The van der Waals surface area contributed by atoms with Gasteiger partial charge in [-0.15, -0.1) is 0 Å². The van der Waals surface area contributed by atoms with E-state index in [9.17, 15) is 14.9 Å². The van der Waals surface area contributed by atoms with E-state index in [2.05, 4.69) is 37.2 Å². The van der Waals surface area contributed by atoms with Gasteiger partial charge >= 0.3 is 0 Å². The SMILES string of the molecule is COc1cc(Br)c(C(NC(C)=O)C(C)(Br)[N+](=O)[O-])cc1OC. The maximum atomic E-state index is 11.5. The number of amides is 1. The molecular weight excluding hydrogens is 424 g/mol. The topological polar surface area (TPSA) is 90.7 Å². The number of nitro groups is 1. The first-order chi connectivity index (χ1) is 10.1. The lowest BCUT2D eigenvalue weighted by atomic mass is 10.00. The zero-order chi connectivity index (χ0) is 17.1. The minimum absolute atomic E-state index is 0.390. The zero-order valence-corrected chi connectivity index (χ0v) is 15.6. The highest BCUT2D eigenvalue weighted by Gasteiger charge is 2.46. The molecule has 0 radical (unpaired) electrons. The van der Waals surface area contributed by atoms with Crippen LogP contribution in [-0.4, -0.2) is 29.5 Å². The van der Waals surface area contributed by atoms with Crippen LogP contribution < -0.4 is 14.8 Å². The van der Waals surface area contributed by atoms with Gasteiger partial charge in [0, 0.05) is 44.7 Å². The van der Waals surface area contributed by atoms with E-state index in [0.29, 0.717) is 21.5 Å². The molecule has 0 saturated carbocycles. The van der Waals surface area contributed by atoms with Crippen molar-refractivity contribution in [1.82, 2.24) is 5.32 Å². The van der Waals surface area contributed by atoms with Crippen LogP contribution in [0.5, 0.6) is 11.5 Å². The molecule has 1 aromatic carbocycles. The molecule has 1 N–H and O–H groups in total. The summed E-state index contributed by atoms with van der Waals surface area (Å²) < 4.78 is 9.35. The fraction of sp³-hybridized carbons (Fsp3) is 0.462. The highest BCUT2D eigenvalue weighted by atomic mass is 79.9. The van der Waals surface area contributed by atoms with Gasteiger partial charge in [-0.25, -0.2) is 0 Å². The number of benzene rings is 1. The molecule has 2 unspecified atom stereocenters. The summed E-state index contributed by atoms with van der Waals surface area (Å²) >= 11 is 6.44. The Morgan fingerprint density at radius 2 is 1.86 bits per heavy atom. The molecule has 1 amide bonds. The lowest BCUT2D eigenvalue weighted by Gasteiger charge is -2.27. The van der Waals surface area contributed by atoms with Gasteiger partial charge in [0.2, 0.25) is 5.91 Å². The van der Waals surface area contributed by atoms with Gasteiger partial charge in [-0.05, 0) is 12.1 Å². The maximum absolute atomic E-state index is 11.5. The summed E-state index contributed by atoms with van der Waals surface area (Å²) in [6.45, 7) is 2.67. The number of halogens is 2. The van der Waals surface area contributed by atoms with Gasteiger partial charge in [-0.2, -0.15) is 0 Å². The van der Waals surface area contributed by atoms with Gasteiger partial charge < -0.3 is 14.8 Å². The average Bonchev–Trinajstić information content (AvgIpc) is 2.44. The van der Waals surface area contributed by atoms with Crippen molar-refractivity contribution in [2.24, 2.45) is 0 Å². The molecule has 0 aliphatic heterocycles. The summed E-state index contributed by atoms with van der Waals surface area (Å²) in [6.07, 6.45) is 0. The van der Waals surface area contributed by atoms with Crippen molar-refractivity contribution >= 4 is 37.8 Å². The van der Waals surface area contributed by atoms with Crippen molar-refractivity contribution in [3.8, 4) is 11.5 Å². The van der Waals surface area contributed by atoms with Crippen LogP contribution >= 0.6 is 31.9 Å². The number of hydrogen-bond acceptors (Lipinski definition) is 5. The number of ether oxygens (including phenoxy) is 2. The molecule has 9 heteroatoms. The molecule has 0 bridgehead atoms. The third kappa shape index (κ3) is 3.89. The minimum atomic E-state index is -1.60. The first-order valence-corrected chi connectivity index (χ1v) is 7.75. The molecule has 0 aliphatic carbocycles. The monoisotopic (exact) mass is 438 g/mol. The Morgan fingerprint density at radius 3 is 2.27 bits per heavy atom. The van der Waals surface area contributed by atoms with Crippen LogP contribution in [0.4, 0.5) is 0 Å². The van der Waals surface area contributed by atoms with Crippen molar-refractivity contribution < 1.29 is 19.2 Å². The molecule has 0 fully saturated rings. The lowest BCUT2D eigenvalue weighted by Crippen LogP contribution is -2.44. The highest BCUT2D eigenvalue weighted by Crippen LogP contribution is 2.42. The maximum Gasteiger partial charge on any atom is 0.295 e. The number of methoxy groups -OCH3 is 2. The van der Waals surface area contributed by atoms with Crippen LogP contribution in [0.2, 0.25) is 0 Å². The fourth-order valence-corrected chi connectivity index (χ4v) is 2.81.